The Morgan fingerprint density at radius 2 is 1.40 bits per heavy atom. The van der Waals surface area contributed by atoms with Crippen LogP contribution in [0.25, 0.3) is 0 Å². The zero-order chi connectivity index (χ0) is 18.4. The first-order valence-corrected chi connectivity index (χ1v) is 9.55. The summed E-state index contributed by atoms with van der Waals surface area (Å²) in [5.74, 6) is 0. The first kappa shape index (κ1) is 20.5. The predicted octanol–water partition coefficient (Wildman–Crippen LogP) is 4.32. The molecular formula is C18H27BrF3N3. The molecule has 2 saturated heterocycles. The van der Waals surface area contributed by atoms with E-state index in [0.717, 1.165) is 32.2 Å². The van der Waals surface area contributed by atoms with Crippen molar-refractivity contribution in [3.63, 3.8) is 0 Å². The second-order valence-corrected chi connectivity index (χ2v) is 7.67. The van der Waals surface area contributed by atoms with Crippen molar-refractivity contribution >= 4 is 21.6 Å². The van der Waals surface area contributed by atoms with Gasteiger partial charge < -0.3 is 14.7 Å². The summed E-state index contributed by atoms with van der Waals surface area (Å²) in [4.78, 5) is 6.54. The molecule has 0 N–H and O–H groups in total. The highest BCUT2D eigenvalue weighted by molar-refractivity contribution is 9.10. The lowest BCUT2D eigenvalue weighted by molar-refractivity contribution is -0.137. The van der Waals surface area contributed by atoms with Crippen LogP contribution in [0.1, 0.15) is 24.8 Å². The molecule has 1 aromatic rings. The van der Waals surface area contributed by atoms with Crippen LogP contribution >= 0.6 is 15.9 Å². The quantitative estimate of drug-likeness (QED) is 0.668. The Kier molecular flexibility index (Phi) is 7.58. The lowest BCUT2D eigenvalue weighted by atomic mass is 10.1. The second-order valence-electron chi connectivity index (χ2n) is 6.82. The Balaban J connectivity index is 0.000000269. The number of nitrogens with zero attached hydrogens (tertiary/aromatic N) is 3. The molecule has 142 valence electrons. The molecule has 0 aliphatic carbocycles. The van der Waals surface area contributed by atoms with E-state index in [1.807, 2.05) is 11.9 Å². The van der Waals surface area contributed by atoms with Crippen LogP contribution in [0, 0.1) is 0 Å². The number of piperazine rings is 1. The van der Waals surface area contributed by atoms with Crippen molar-refractivity contribution in [2.75, 3.05) is 58.3 Å². The largest absolute Gasteiger partial charge is 0.416 e. The summed E-state index contributed by atoms with van der Waals surface area (Å²) in [5, 5.41) is 0. The highest BCUT2D eigenvalue weighted by Crippen LogP contribution is 2.35. The van der Waals surface area contributed by atoms with E-state index in [1.54, 1.807) is 0 Å². The van der Waals surface area contributed by atoms with Crippen LogP contribution in [0.5, 0.6) is 0 Å². The van der Waals surface area contributed by atoms with Gasteiger partial charge in [-0.2, -0.15) is 13.2 Å². The molecule has 2 fully saturated rings. The number of likely N-dealkylation sites (N-methyl/N-ethyl adjacent to an activating group) is 1. The van der Waals surface area contributed by atoms with Gasteiger partial charge in [0.05, 0.1) is 11.3 Å². The highest BCUT2D eigenvalue weighted by Gasteiger charge is 2.31. The predicted molar refractivity (Wildman–Crippen MR) is 100 cm³/mol. The number of hydrogen-bond donors (Lipinski definition) is 0. The van der Waals surface area contributed by atoms with Crippen molar-refractivity contribution in [3.8, 4) is 0 Å². The Labute approximate surface area is 156 Å². The van der Waals surface area contributed by atoms with Crippen LogP contribution in [0.3, 0.4) is 0 Å². The molecule has 0 atom stereocenters. The molecule has 25 heavy (non-hydrogen) atoms. The van der Waals surface area contributed by atoms with E-state index in [1.165, 1.54) is 44.5 Å². The maximum Gasteiger partial charge on any atom is 0.416 e. The van der Waals surface area contributed by atoms with Gasteiger partial charge in [0.2, 0.25) is 0 Å². The van der Waals surface area contributed by atoms with Crippen LogP contribution < -0.4 is 4.90 Å². The van der Waals surface area contributed by atoms with Gasteiger partial charge in [-0.15, -0.1) is 0 Å². The molecule has 7 heteroatoms. The van der Waals surface area contributed by atoms with Gasteiger partial charge in [-0.05, 0) is 74.2 Å². The number of rotatable bonds is 1. The van der Waals surface area contributed by atoms with E-state index >= 15 is 0 Å². The molecule has 2 heterocycles. The van der Waals surface area contributed by atoms with Gasteiger partial charge in [0.25, 0.3) is 0 Å². The van der Waals surface area contributed by atoms with Crippen molar-refractivity contribution in [1.29, 1.82) is 0 Å². The fraction of sp³-hybridized carbons (Fsp3) is 0.667. The summed E-state index contributed by atoms with van der Waals surface area (Å²) in [6.07, 6.45) is -0.0145. The van der Waals surface area contributed by atoms with Gasteiger partial charge >= 0.3 is 6.18 Å². The lowest BCUT2D eigenvalue weighted by Crippen LogP contribution is -2.44. The standard InChI is InChI=1S/C12H14BrF3N2.C6H13N/c1-17-4-6-18(7-5-17)11-8-9(12(14,15)16)2-3-10(11)13;1-7-5-3-2-4-6-7/h2-3,8H,4-7H2,1H3;2-6H2,1H3. The first-order valence-electron chi connectivity index (χ1n) is 8.76. The van der Waals surface area contributed by atoms with Crippen LogP contribution in [0.2, 0.25) is 0 Å². The highest BCUT2D eigenvalue weighted by atomic mass is 79.9. The molecule has 2 aliphatic rings. The number of likely N-dealkylation sites (tertiary alicyclic amines) is 1. The van der Waals surface area contributed by atoms with E-state index < -0.39 is 11.7 Å². The normalized spacial score (nSPS) is 20.2. The monoisotopic (exact) mass is 421 g/mol. The Hall–Kier alpha value is -0.790. The van der Waals surface area contributed by atoms with Crippen molar-refractivity contribution in [2.45, 2.75) is 25.4 Å². The summed E-state index contributed by atoms with van der Waals surface area (Å²) >= 11 is 3.33. The maximum atomic E-state index is 12.7. The summed E-state index contributed by atoms with van der Waals surface area (Å²) in [6, 6.07) is 3.79. The third-order valence-electron chi connectivity index (χ3n) is 4.70. The van der Waals surface area contributed by atoms with Gasteiger partial charge in [0, 0.05) is 30.7 Å². The number of hydrogen-bond acceptors (Lipinski definition) is 3. The molecule has 3 nitrogen and oxygen atoms in total. The van der Waals surface area contributed by atoms with E-state index in [-0.39, 0.29) is 0 Å². The zero-order valence-electron chi connectivity index (χ0n) is 14.9. The third kappa shape index (κ3) is 6.46. The summed E-state index contributed by atoms with van der Waals surface area (Å²) in [7, 11) is 4.21. The van der Waals surface area contributed by atoms with Crippen molar-refractivity contribution in [1.82, 2.24) is 9.80 Å². The third-order valence-corrected chi connectivity index (χ3v) is 5.37. The van der Waals surface area contributed by atoms with Crippen molar-refractivity contribution in [2.24, 2.45) is 0 Å². The van der Waals surface area contributed by atoms with Gasteiger partial charge in [-0.1, -0.05) is 6.42 Å². The SMILES string of the molecule is CN1CCCCC1.CN1CCN(c2cc(C(F)(F)F)ccc2Br)CC1. The fourth-order valence-electron chi connectivity index (χ4n) is 3.03. The fourth-order valence-corrected chi connectivity index (χ4v) is 3.53. The summed E-state index contributed by atoms with van der Waals surface area (Å²) in [6.45, 7) is 5.86. The van der Waals surface area contributed by atoms with Crippen molar-refractivity contribution < 1.29 is 13.2 Å². The maximum absolute atomic E-state index is 12.7. The number of benzene rings is 1. The molecule has 0 aromatic heterocycles. The number of piperidine rings is 1. The van der Waals surface area contributed by atoms with Crippen LogP contribution in [-0.2, 0) is 6.18 Å². The topological polar surface area (TPSA) is 9.72 Å². The van der Waals surface area contributed by atoms with Gasteiger partial charge in [0.1, 0.15) is 0 Å². The lowest BCUT2D eigenvalue weighted by Gasteiger charge is -2.34. The van der Waals surface area contributed by atoms with Crippen LogP contribution in [0.15, 0.2) is 22.7 Å². The van der Waals surface area contributed by atoms with Crippen LogP contribution in [0.4, 0.5) is 18.9 Å². The first-order chi connectivity index (χ1) is 11.8. The smallest absolute Gasteiger partial charge is 0.368 e. The van der Waals surface area contributed by atoms with E-state index in [0.29, 0.717) is 10.2 Å². The minimum Gasteiger partial charge on any atom is -0.368 e. The molecule has 0 radical (unpaired) electrons. The Morgan fingerprint density at radius 3 is 1.88 bits per heavy atom. The molecule has 0 unspecified atom stereocenters. The number of alkyl halides is 3. The molecule has 3 rings (SSSR count). The minimum atomic E-state index is -4.29. The number of halogens is 4. The average Bonchev–Trinajstić information content (AvgIpc) is 2.56. The Bertz CT molecular complexity index is 537. The molecule has 0 amide bonds. The number of anilines is 1. The Morgan fingerprint density at radius 1 is 0.840 bits per heavy atom. The summed E-state index contributed by atoms with van der Waals surface area (Å²) in [5.41, 5.74) is 0.0255. The van der Waals surface area contributed by atoms with Gasteiger partial charge in [-0.3, -0.25) is 0 Å². The molecular weight excluding hydrogens is 395 g/mol. The molecule has 0 bridgehead atoms. The molecule has 2 aliphatic heterocycles. The molecule has 0 saturated carbocycles. The van der Waals surface area contributed by atoms with Crippen molar-refractivity contribution in [3.05, 3.63) is 28.2 Å². The minimum absolute atomic E-state index is 0.598. The zero-order valence-corrected chi connectivity index (χ0v) is 16.5. The molecule has 1 aromatic carbocycles. The summed E-state index contributed by atoms with van der Waals surface area (Å²) < 4.78 is 38.8. The average molecular weight is 422 g/mol. The van der Waals surface area contributed by atoms with Gasteiger partial charge in [-0.25, -0.2) is 0 Å². The van der Waals surface area contributed by atoms with E-state index in [9.17, 15) is 13.2 Å². The van der Waals surface area contributed by atoms with Crippen LogP contribution in [-0.4, -0.2) is 63.2 Å². The van der Waals surface area contributed by atoms with Gasteiger partial charge in [0.15, 0.2) is 0 Å². The van der Waals surface area contributed by atoms with E-state index in [2.05, 4.69) is 32.8 Å². The second kappa shape index (κ2) is 9.24. The molecule has 0 spiro atoms. The van der Waals surface area contributed by atoms with E-state index in [4.69, 9.17) is 0 Å².